The molecule has 1 saturated carbocycles. The molecule has 104 valence electrons. The fraction of sp³-hybridized carbons (Fsp3) is 0.533. The average Bonchev–Trinajstić information content (AvgIpc) is 2.98. The number of benzene rings is 1. The first-order valence-electron chi connectivity index (χ1n) is 6.84. The van der Waals surface area contributed by atoms with Gasteiger partial charge in [-0.25, -0.2) is 0 Å². The van der Waals surface area contributed by atoms with Gasteiger partial charge in [0.05, 0.1) is 6.61 Å². The summed E-state index contributed by atoms with van der Waals surface area (Å²) in [6, 6.07) is 9.63. The third-order valence-corrected chi connectivity index (χ3v) is 4.14. The number of amides is 1. The van der Waals surface area contributed by atoms with Crippen LogP contribution in [0.25, 0.3) is 0 Å². The smallest absolute Gasteiger partial charge is 0.245 e. The maximum absolute atomic E-state index is 12.5. The summed E-state index contributed by atoms with van der Waals surface area (Å²) in [6.07, 6.45) is 4.34. The van der Waals surface area contributed by atoms with Crippen LogP contribution in [0.1, 0.15) is 36.6 Å². The second-order valence-electron chi connectivity index (χ2n) is 4.97. The molecule has 1 aromatic rings. The van der Waals surface area contributed by atoms with Gasteiger partial charge >= 0.3 is 0 Å². The van der Waals surface area contributed by atoms with E-state index < -0.39 is 5.38 Å². The van der Waals surface area contributed by atoms with Gasteiger partial charge in [-0.1, -0.05) is 43.2 Å². The van der Waals surface area contributed by atoms with E-state index in [4.69, 9.17) is 16.7 Å². The van der Waals surface area contributed by atoms with Gasteiger partial charge in [-0.05, 0) is 18.4 Å². The van der Waals surface area contributed by atoms with Gasteiger partial charge in [-0.3, -0.25) is 4.79 Å². The highest BCUT2D eigenvalue weighted by Gasteiger charge is 2.30. The van der Waals surface area contributed by atoms with Gasteiger partial charge in [-0.15, -0.1) is 11.6 Å². The minimum atomic E-state index is -0.659. The molecule has 1 aromatic carbocycles. The molecule has 1 unspecified atom stereocenters. The predicted molar refractivity (Wildman–Crippen MR) is 76.1 cm³/mol. The van der Waals surface area contributed by atoms with Crippen LogP contribution in [0, 0.1) is 0 Å². The van der Waals surface area contributed by atoms with E-state index in [-0.39, 0.29) is 18.6 Å². The van der Waals surface area contributed by atoms with Crippen molar-refractivity contribution in [3.8, 4) is 0 Å². The summed E-state index contributed by atoms with van der Waals surface area (Å²) in [5, 5.41) is 8.50. The zero-order valence-electron chi connectivity index (χ0n) is 11.0. The first-order chi connectivity index (χ1) is 9.24. The van der Waals surface area contributed by atoms with E-state index in [2.05, 4.69) is 0 Å². The number of aliphatic hydroxyl groups excluding tert-OH is 1. The fourth-order valence-corrected chi connectivity index (χ4v) is 2.98. The quantitative estimate of drug-likeness (QED) is 0.843. The van der Waals surface area contributed by atoms with Crippen LogP contribution in [0.5, 0.6) is 0 Å². The van der Waals surface area contributed by atoms with Crippen LogP contribution in [0.15, 0.2) is 30.3 Å². The number of carbonyl (C=O) groups excluding carboxylic acids is 1. The Balaban J connectivity index is 2.10. The van der Waals surface area contributed by atoms with Gasteiger partial charge in [0.1, 0.15) is 5.38 Å². The number of carbonyl (C=O) groups is 1. The van der Waals surface area contributed by atoms with E-state index in [1.165, 1.54) is 0 Å². The largest absolute Gasteiger partial charge is 0.395 e. The van der Waals surface area contributed by atoms with Gasteiger partial charge < -0.3 is 10.0 Å². The van der Waals surface area contributed by atoms with Crippen molar-refractivity contribution >= 4 is 17.5 Å². The molecule has 0 spiro atoms. The molecule has 0 heterocycles. The minimum Gasteiger partial charge on any atom is -0.395 e. The molecule has 1 aliphatic rings. The van der Waals surface area contributed by atoms with E-state index in [0.29, 0.717) is 6.54 Å². The zero-order chi connectivity index (χ0) is 13.7. The number of alkyl halides is 1. The molecule has 0 aliphatic heterocycles. The van der Waals surface area contributed by atoms with Gasteiger partial charge in [0.25, 0.3) is 0 Å². The molecular formula is C15H20ClNO2. The van der Waals surface area contributed by atoms with E-state index in [1.807, 2.05) is 30.3 Å². The molecule has 4 heteroatoms. The van der Waals surface area contributed by atoms with Crippen molar-refractivity contribution in [1.29, 1.82) is 0 Å². The second-order valence-corrected chi connectivity index (χ2v) is 5.40. The fourth-order valence-electron chi connectivity index (χ4n) is 2.71. The Bertz CT molecular complexity index is 404. The Labute approximate surface area is 119 Å². The molecular weight excluding hydrogens is 262 g/mol. The number of halogens is 1. The van der Waals surface area contributed by atoms with E-state index in [9.17, 15) is 4.79 Å². The van der Waals surface area contributed by atoms with E-state index in [0.717, 1.165) is 31.2 Å². The number of nitrogens with zero attached hydrogens (tertiary/aromatic N) is 1. The molecule has 1 amide bonds. The molecule has 0 saturated heterocycles. The summed E-state index contributed by atoms with van der Waals surface area (Å²) in [5.41, 5.74) is 0.815. The van der Waals surface area contributed by atoms with Crippen LogP contribution in [0.3, 0.4) is 0 Å². The van der Waals surface area contributed by atoms with Crippen LogP contribution >= 0.6 is 11.6 Å². The molecule has 1 fully saturated rings. The number of aliphatic hydroxyl groups is 1. The molecule has 0 bridgehead atoms. The number of rotatable bonds is 5. The lowest BCUT2D eigenvalue weighted by Crippen LogP contribution is -2.42. The molecule has 1 atom stereocenters. The lowest BCUT2D eigenvalue weighted by molar-refractivity contribution is -0.133. The van der Waals surface area contributed by atoms with Crippen LogP contribution in [-0.4, -0.2) is 35.1 Å². The Morgan fingerprint density at radius 1 is 1.32 bits per heavy atom. The van der Waals surface area contributed by atoms with Gasteiger partial charge in [0.15, 0.2) is 0 Å². The number of hydrogen-bond donors (Lipinski definition) is 1. The van der Waals surface area contributed by atoms with Crippen molar-refractivity contribution in [3.05, 3.63) is 35.9 Å². The Kier molecular flexibility index (Phi) is 5.23. The van der Waals surface area contributed by atoms with E-state index >= 15 is 0 Å². The summed E-state index contributed by atoms with van der Waals surface area (Å²) in [5.74, 6) is -0.0891. The standard InChI is InChI=1S/C15H20ClNO2/c16-14(12-6-2-1-3-7-12)15(19)17(10-11-18)13-8-4-5-9-13/h1-3,6-7,13-14,18H,4-5,8-11H2. The second kappa shape index (κ2) is 6.92. The summed E-state index contributed by atoms with van der Waals surface area (Å²) < 4.78 is 0. The average molecular weight is 282 g/mol. The molecule has 3 nitrogen and oxygen atoms in total. The highest BCUT2D eigenvalue weighted by molar-refractivity contribution is 6.30. The van der Waals surface area contributed by atoms with Crippen LogP contribution in [-0.2, 0) is 4.79 Å². The Morgan fingerprint density at radius 2 is 1.95 bits per heavy atom. The van der Waals surface area contributed by atoms with Crippen molar-refractivity contribution < 1.29 is 9.90 Å². The molecule has 0 aromatic heterocycles. The van der Waals surface area contributed by atoms with Crippen molar-refractivity contribution in [1.82, 2.24) is 4.90 Å². The van der Waals surface area contributed by atoms with Crippen molar-refractivity contribution in [2.24, 2.45) is 0 Å². The van der Waals surface area contributed by atoms with Gasteiger partial charge in [-0.2, -0.15) is 0 Å². The highest BCUT2D eigenvalue weighted by Crippen LogP contribution is 2.29. The molecule has 1 N–H and O–H groups in total. The normalized spacial score (nSPS) is 17.4. The first kappa shape index (κ1) is 14.4. The Morgan fingerprint density at radius 3 is 2.53 bits per heavy atom. The molecule has 0 radical (unpaired) electrons. The maximum atomic E-state index is 12.5. The predicted octanol–water partition coefficient (Wildman–Crippen LogP) is 2.73. The van der Waals surface area contributed by atoms with Crippen molar-refractivity contribution in [2.75, 3.05) is 13.2 Å². The maximum Gasteiger partial charge on any atom is 0.245 e. The minimum absolute atomic E-state index is 0.0133. The van der Waals surface area contributed by atoms with Crippen LogP contribution < -0.4 is 0 Å². The topological polar surface area (TPSA) is 40.5 Å². The number of hydrogen-bond acceptors (Lipinski definition) is 2. The first-order valence-corrected chi connectivity index (χ1v) is 7.28. The summed E-state index contributed by atoms with van der Waals surface area (Å²) >= 11 is 6.29. The molecule has 2 rings (SSSR count). The SMILES string of the molecule is O=C(C(Cl)c1ccccc1)N(CCO)C1CCCC1. The monoisotopic (exact) mass is 281 g/mol. The molecule has 1 aliphatic carbocycles. The highest BCUT2D eigenvalue weighted by atomic mass is 35.5. The van der Waals surface area contributed by atoms with Crippen molar-refractivity contribution in [2.45, 2.75) is 37.1 Å². The Hall–Kier alpha value is -1.06. The third-order valence-electron chi connectivity index (χ3n) is 3.70. The molecule has 19 heavy (non-hydrogen) atoms. The van der Waals surface area contributed by atoms with Crippen LogP contribution in [0.4, 0.5) is 0 Å². The zero-order valence-corrected chi connectivity index (χ0v) is 11.7. The summed E-state index contributed by atoms with van der Waals surface area (Å²) in [4.78, 5) is 14.3. The summed E-state index contributed by atoms with van der Waals surface area (Å²) in [6.45, 7) is 0.361. The van der Waals surface area contributed by atoms with Crippen LogP contribution in [0.2, 0.25) is 0 Å². The van der Waals surface area contributed by atoms with Gasteiger partial charge in [0.2, 0.25) is 5.91 Å². The van der Waals surface area contributed by atoms with Crippen molar-refractivity contribution in [3.63, 3.8) is 0 Å². The lowest BCUT2D eigenvalue weighted by atomic mass is 10.1. The van der Waals surface area contributed by atoms with Gasteiger partial charge in [0, 0.05) is 12.6 Å². The van der Waals surface area contributed by atoms with E-state index in [1.54, 1.807) is 4.90 Å². The third kappa shape index (κ3) is 3.48. The lowest BCUT2D eigenvalue weighted by Gasteiger charge is -2.30. The summed E-state index contributed by atoms with van der Waals surface area (Å²) in [7, 11) is 0.